The fourth-order valence-electron chi connectivity index (χ4n) is 3.72. The molecule has 0 N–H and O–H groups in total. The third kappa shape index (κ3) is 3.96. The van der Waals surface area contributed by atoms with Gasteiger partial charge in [-0.25, -0.2) is 9.59 Å². The van der Waals surface area contributed by atoms with E-state index in [1.165, 1.54) is 0 Å². The summed E-state index contributed by atoms with van der Waals surface area (Å²) in [6.45, 7) is 8.43. The van der Waals surface area contributed by atoms with E-state index < -0.39 is 0 Å². The summed E-state index contributed by atoms with van der Waals surface area (Å²) in [5.74, 6) is -0.685. The summed E-state index contributed by atoms with van der Waals surface area (Å²) < 4.78 is 21.8. The maximum atomic E-state index is 11.9. The first kappa shape index (κ1) is 18.1. The molecule has 0 radical (unpaired) electrons. The second-order valence-corrected chi connectivity index (χ2v) is 7.09. The fraction of sp³-hybridized carbons (Fsp3) is 0.684. The van der Waals surface area contributed by atoms with Gasteiger partial charge in [-0.3, -0.25) is 0 Å². The van der Waals surface area contributed by atoms with Gasteiger partial charge in [0.05, 0.1) is 18.8 Å². The third-order valence-electron chi connectivity index (χ3n) is 5.25. The van der Waals surface area contributed by atoms with E-state index in [1.54, 1.807) is 6.92 Å². The van der Waals surface area contributed by atoms with Crippen molar-refractivity contribution in [3.63, 3.8) is 0 Å². The summed E-state index contributed by atoms with van der Waals surface area (Å²) in [6.07, 6.45) is 5.18. The molecule has 0 aromatic carbocycles. The lowest BCUT2D eigenvalue weighted by atomic mass is 9.84. The number of carbonyl (C=O) groups excluding carboxylic acids is 2. The molecule has 2 heterocycles. The maximum absolute atomic E-state index is 11.9. The van der Waals surface area contributed by atoms with Crippen LogP contribution in [0.4, 0.5) is 0 Å². The average molecular weight is 350 g/mol. The molecule has 2 fully saturated rings. The number of rotatable bonds is 5. The van der Waals surface area contributed by atoms with Gasteiger partial charge in [0.2, 0.25) is 0 Å². The summed E-state index contributed by atoms with van der Waals surface area (Å²) in [7, 11) is 0. The van der Waals surface area contributed by atoms with E-state index >= 15 is 0 Å². The number of carbonyl (C=O) groups is 2. The predicted molar refractivity (Wildman–Crippen MR) is 89.8 cm³/mol. The Morgan fingerprint density at radius 2 is 2.28 bits per heavy atom. The highest BCUT2D eigenvalue weighted by Crippen LogP contribution is 2.49. The van der Waals surface area contributed by atoms with Crippen molar-refractivity contribution in [2.75, 3.05) is 19.8 Å². The number of epoxide rings is 1. The molecular weight excluding hydrogens is 324 g/mol. The quantitative estimate of drug-likeness (QED) is 0.328. The van der Waals surface area contributed by atoms with Gasteiger partial charge in [-0.1, -0.05) is 12.7 Å². The molecule has 3 rings (SSSR count). The molecule has 0 bridgehead atoms. The van der Waals surface area contributed by atoms with E-state index in [-0.39, 0.29) is 42.3 Å². The van der Waals surface area contributed by atoms with Gasteiger partial charge in [0.1, 0.15) is 18.8 Å². The fourth-order valence-corrected chi connectivity index (χ4v) is 3.72. The number of hydrogen-bond acceptors (Lipinski definition) is 6. The molecule has 4 atom stereocenters. The van der Waals surface area contributed by atoms with Crippen LogP contribution in [-0.2, 0) is 28.5 Å². The Morgan fingerprint density at radius 1 is 1.48 bits per heavy atom. The Kier molecular flexibility index (Phi) is 5.29. The minimum atomic E-state index is -0.354. The minimum absolute atomic E-state index is 0.0223. The van der Waals surface area contributed by atoms with Gasteiger partial charge in [-0.2, -0.15) is 0 Å². The number of hydrogen-bond donors (Lipinski definition) is 0. The topological polar surface area (TPSA) is 74.4 Å². The zero-order chi connectivity index (χ0) is 18.0. The highest BCUT2D eigenvalue weighted by atomic mass is 16.6. The molecule has 3 aliphatic rings. The van der Waals surface area contributed by atoms with E-state index in [4.69, 9.17) is 18.9 Å². The van der Waals surface area contributed by atoms with Gasteiger partial charge < -0.3 is 18.9 Å². The van der Waals surface area contributed by atoms with E-state index in [9.17, 15) is 9.59 Å². The van der Waals surface area contributed by atoms with Crippen LogP contribution in [0.25, 0.3) is 0 Å². The first-order valence-electron chi connectivity index (χ1n) is 8.93. The van der Waals surface area contributed by atoms with Crippen LogP contribution in [0.15, 0.2) is 23.8 Å². The normalized spacial score (nSPS) is 36.6. The Labute approximate surface area is 148 Å². The van der Waals surface area contributed by atoms with Crippen molar-refractivity contribution in [1.82, 2.24) is 0 Å². The molecule has 0 spiro atoms. The molecule has 2 saturated heterocycles. The third-order valence-corrected chi connectivity index (χ3v) is 5.25. The van der Waals surface area contributed by atoms with Crippen molar-refractivity contribution in [3.05, 3.63) is 23.8 Å². The van der Waals surface area contributed by atoms with Crippen molar-refractivity contribution >= 4 is 11.9 Å². The summed E-state index contributed by atoms with van der Waals surface area (Å²) >= 11 is 0. The lowest BCUT2D eigenvalue weighted by molar-refractivity contribution is -0.148. The molecule has 1 aliphatic carbocycles. The largest absolute Gasteiger partial charge is 0.464 e. The Balaban J connectivity index is 1.62. The van der Waals surface area contributed by atoms with Crippen LogP contribution in [0.3, 0.4) is 0 Å². The zero-order valence-corrected chi connectivity index (χ0v) is 14.9. The molecule has 0 aromatic rings. The molecule has 138 valence electrons. The predicted octanol–water partition coefficient (Wildman–Crippen LogP) is 2.32. The summed E-state index contributed by atoms with van der Waals surface area (Å²) in [4.78, 5) is 23.3. The van der Waals surface area contributed by atoms with E-state index in [0.717, 1.165) is 31.3 Å². The lowest BCUT2D eigenvalue weighted by Crippen LogP contribution is -2.29. The first-order valence-corrected chi connectivity index (χ1v) is 8.93. The number of ether oxygens (including phenoxy) is 4. The second-order valence-electron chi connectivity index (χ2n) is 7.09. The second kappa shape index (κ2) is 7.30. The number of fused-ring (bicyclic) bond motifs is 3. The monoisotopic (exact) mass is 350 g/mol. The van der Waals surface area contributed by atoms with Crippen LogP contribution in [0.5, 0.6) is 0 Å². The number of esters is 2. The SMILES string of the molecule is C=C1C(=O)O[C@@H]2[C@H]3O[C@]3(C)CC/C=C(/COCC(=O)OCC)CC[C@@H]12. The van der Waals surface area contributed by atoms with Crippen molar-refractivity contribution < 1.29 is 28.5 Å². The van der Waals surface area contributed by atoms with E-state index in [0.29, 0.717) is 18.8 Å². The van der Waals surface area contributed by atoms with Gasteiger partial charge >= 0.3 is 11.9 Å². The summed E-state index contributed by atoms with van der Waals surface area (Å²) in [5, 5.41) is 0. The maximum Gasteiger partial charge on any atom is 0.334 e. The Bertz CT molecular complexity index is 595. The highest BCUT2D eigenvalue weighted by Gasteiger charge is 2.61. The zero-order valence-electron chi connectivity index (χ0n) is 14.9. The molecule has 0 amide bonds. The van der Waals surface area contributed by atoms with Gasteiger partial charge in [0.15, 0.2) is 0 Å². The highest BCUT2D eigenvalue weighted by molar-refractivity contribution is 5.91. The molecule has 6 heteroatoms. The van der Waals surface area contributed by atoms with Gasteiger partial charge in [-0.05, 0) is 45.1 Å². The van der Waals surface area contributed by atoms with Crippen LogP contribution in [0.1, 0.15) is 39.5 Å². The average Bonchev–Trinajstić information content (AvgIpc) is 3.15. The molecule has 6 nitrogen and oxygen atoms in total. The van der Waals surface area contributed by atoms with Crippen molar-refractivity contribution in [3.8, 4) is 0 Å². The van der Waals surface area contributed by atoms with Crippen molar-refractivity contribution in [2.45, 2.75) is 57.3 Å². The van der Waals surface area contributed by atoms with Crippen LogP contribution < -0.4 is 0 Å². The van der Waals surface area contributed by atoms with E-state index in [1.807, 2.05) is 0 Å². The summed E-state index contributed by atoms with van der Waals surface area (Å²) in [6, 6.07) is 0. The molecule has 2 aliphatic heterocycles. The molecule has 0 unspecified atom stereocenters. The summed E-state index contributed by atoms with van der Waals surface area (Å²) in [5.41, 5.74) is 1.42. The molecule has 0 aromatic heterocycles. The van der Waals surface area contributed by atoms with Crippen LogP contribution in [0.2, 0.25) is 0 Å². The molecule has 0 saturated carbocycles. The van der Waals surface area contributed by atoms with Gasteiger partial charge in [0.25, 0.3) is 0 Å². The van der Waals surface area contributed by atoms with Crippen LogP contribution in [-0.4, -0.2) is 49.6 Å². The lowest BCUT2D eigenvalue weighted by Gasteiger charge is -2.20. The van der Waals surface area contributed by atoms with Crippen molar-refractivity contribution in [2.24, 2.45) is 5.92 Å². The van der Waals surface area contributed by atoms with Gasteiger partial charge in [-0.15, -0.1) is 0 Å². The van der Waals surface area contributed by atoms with Crippen LogP contribution in [0, 0.1) is 5.92 Å². The molecule has 25 heavy (non-hydrogen) atoms. The Hall–Kier alpha value is -1.66. The number of allylic oxidation sites excluding steroid dienone is 1. The van der Waals surface area contributed by atoms with Gasteiger partial charge in [0, 0.05) is 11.5 Å². The van der Waals surface area contributed by atoms with Crippen molar-refractivity contribution in [1.29, 1.82) is 0 Å². The van der Waals surface area contributed by atoms with Crippen LogP contribution >= 0.6 is 0 Å². The Morgan fingerprint density at radius 3 is 3.04 bits per heavy atom. The standard InChI is InChI=1S/C19H26O6/c1-4-23-15(20)11-22-10-13-6-5-9-19(3)17(25-19)16-14(8-7-13)12(2)18(21)24-16/h6,14,16-17H,2,4-5,7-11H2,1,3H3/b13-6+/t14-,16-,17+,19+/m0/s1. The molecular formula is C19H26O6. The first-order chi connectivity index (χ1) is 11.9. The van der Waals surface area contributed by atoms with E-state index in [2.05, 4.69) is 19.6 Å². The minimum Gasteiger partial charge on any atom is -0.464 e. The smallest absolute Gasteiger partial charge is 0.334 e.